The second-order valence-electron chi connectivity index (χ2n) is 22.2. The van der Waals surface area contributed by atoms with Crippen LogP contribution in [0.15, 0.2) is 121 Å². The lowest BCUT2D eigenvalue weighted by Crippen LogP contribution is -2.24. The van der Waals surface area contributed by atoms with Gasteiger partial charge in [0.25, 0.3) is 41.9 Å². The van der Waals surface area contributed by atoms with Gasteiger partial charge in [0.1, 0.15) is 80.5 Å². The number of nitrogens with one attached hydrogen (secondary N) is 3. The van der Waals surface area contributed by atoms with Gasteiger partial charge in [0.2, 0.25) is 0 Å². The Kier molecular flexibility index (Phi) is 22.3. The van der Waals surface area contributed by atoms with Crippen LogP contribution in [0.3, 0.4) is 0 Å². The molecule has 10 rings (SSSR count). The molecule has 1 saturated heterocycles. The standard InChI is InChI=1S/C24H25F2N5O3.C22H23F2N5O2.C21H21F2N5O2/c1-13-4-7-16(25)10-18(13)24(33)29-11-15-6-5-14(9-19(15)26)21-20(23(28)32)22(27)31(30-21)17-3-2-8-34-12-17;1-12-5-3-4-6-16(12)22(31)27-11-14-7-9-15(10-8-14)18-17(21(26)30)20(25)29(28-18)13(2)19(23)24;1-3-28-19(24)17(20(25)29)18(27-28)12-5-6-13(16(23)8-12)10-26-21(30)15-9-14(22)7-4-11(15)2/h4-7,9-10,17H,2-3,8,11-12,27H2,1H3,(H2,28,32)(H,29,33);3-10,13,19H,11,25H2,1-2H3,(H2,26,30)(H,27,31);4-9H,3,10,24H2,1-2H3,(H2,25,29)(H,26,30). The van der Waals surface area contributed by atoms with Crippen LogP contribution in [-0.4, -0.2) is 84.4 Å². The molecule has 6 amide bonds. The van der Waals surface area contributed by atoms with Crippen LogP contribution >= 0.6 is 0 Å². The highest BCUT2D eigenvalue weighted by Gasteiger charge is 2.30. The molecule has 0 bridgehead atoms. The lowest BCUT2D eigenvalue weighted by Gasteiger charge is -2.23. The van der Waals surface area contributed by atoms with Crippen molar-refractivity contribution < 1.29 is 59.8 Å². The van der Waals surface area contributed by atoms with Crippen LogP contribution in [0.5, 0.6) is 0 Å². The Balaban J connectivity index is 0.000000183. The maximum Gasteiger partial charge on any atom is 0.260 e. The third-order valence-corrected chi connectivity index (χ3v) is 15.6. The lowest BCUT2D eigenvalue weighted by molar-refractivity contribution is 0.0558. The maximum atomic E-state index is 14.9. The van der Waals surface area contributed by atoms with Gasteiger partial charge >= 0.3 is 0 Å². The molecular formula is C67H69F6N15O7. The number of nitrogens with zero attached hydrogens (tertiary/aromatic N) is 6. The number of benzene rings is 6. The fraction of sp³-hybridized carbons (Fsp3) is 0.239. The number of hydrogen-bond acceptors (Lipinski definition) is 13. The molecule has 6 aromatic carbocycles. The fourth-order valence-electron chi connectivity index (χ4n) is 10.3. The van der Waals surface area contributed by atoms with Crippen LogP contribution in [0.2, 0.25) is 0 Å². The Hall–Kier alpha value is -11.3. The Labute approximate surface area is 541 Å². The molecule has 3 aromatic heterocycles. The highest BCUT2D eigenvalue weighted by Crippen LogP contribution is 2.34. The Morgan fingerprint density at radius 3 is 1.51 bits per heavy atom. The number of hydrogen-bond donors (Lipinski definition) is 9. The first-order valence-corrected chi connectivity index (χ1v) is 29.7. The molecule has 2 unspecified atom stereocenters. The minimum absolute atomic E-state index is 0.0209. The molecule has 28 heteroatoms. The first-order valence-electron chi connectivity index (χ1n) is 29.7. The van der Waals surface area contributed by atoms with Crippen molar-refractivity contribution in [2.24, 2.45) is 17.2 Å². The number of ether oxygens (including phenoxy) is 1. The van der Waals surface area contributed by atoms with Crippen LogP contribution in [-0.2, 0) is 30.9 Å². The summed E-state index contributed by atoms with van der Waals surface area (Å²) >= 11 is 0. The van der Waals surface area contributed by atoms with Crippen LogP contribution in [0, 0.1) is 44.0 Å². The molecule has 0 aliphatic carbocycles. The molecular weight excluding hydrogens is 1240 g/mol. The Morgan fingerprint density at radius 1 is 0.558 bits per heavy atom. The monoisotopic (exact) mass is 1310 g/mol. The number of nitrogen functional groups attached to an aromatic ring is 3. The number of nitrogens with two attached hydrogens (primary N) is 6. The number of halogens is 6. The minimum Gasteiger partial charge on any atom is -0.383 e. The van der Waals surface area contributed by atoms with E-state index in [9.17, 15) is 55.1 Å². The van der Waals surface area contributed by atoms with Crippen molar-refractivity contribution in [3.63, 3.8) is 0 Å². The van der Waals surface area contributed by atoms with Gasteiger partial charge in [-0.25, -0.2) is 40.4 Å². The van der Waals surface area contributed by atoms with Crippen LogP contribution < -0.4 is 50.4 Å². The van der Waals surface area contributed by atoms with Crippen molar-refractivity contribution in [2.75, 3.05) is 30.4 Å². The number of amides is 6. The van der Waals surface area contributed by atoms with E-state index in [1.165, 1.54) is 64.8 Å². The van der Waals surface area contributed by atoms with Crippen LogP contribution in [0.4, 0.5) is 43.8 Å². The highest BCUT2D eigenvalue weighted by molar-refractivity contribution is 6.05. The molecule has 1 aliphatic rings. The lowest BCUT2D eigenvalue weighted by atomic mass is 10.0. The van der Waals surface area contributed by atoms with Crippen molar-refractivity contribution >= 4 is 52.9 Å². The summed E-state index contributed by atoms with van der Waals surface area (Å²) in [6, 6.07) is 28.9. The number of rotatable bonds is 19. The second-order valence-corrected chi connectivity index (χ2v) is 22.2. The van der Waals surface area contributed by atoms with Gasteiger partial charge in [-0.1, -0.05) is 78.9 Å². The van der Waals surface area contributed by atoms with Gasteiger partial charge in [0.05, 0.1) is 12.6 Å². The first kappa shape index (κ1) is 69.6. The summed E-state index contributed by atoms with van der Waals surface area (Å²) in [5.41, 5.74) is 40.2. The molecule has 0 radical (unpaired) electrons. The summed E-state index contributed by atoms with van der Waals surface area (Å²) in [5.74, 6) is -5.86. The van der Waals surface area contributed by atoms with E-state index in [0.717, 1.165) is 40.8 Å². The SMILES string of the molecule is CCn1nc(-c2ccc(CNC(=O)c3cc(F)ccc3C)c(F)c2)c(C(N)=O)c1N.Cc1ccc(F)cc1C(=O)NCc1ccc(-c2nn(C3CCCOC3)c(N)c2C(N)=O)cc1F.Cc1ccccc1C(=O)NCc1ccc(-c2nn(C(C)C(F)F)c(N)c2C(N)=O)cc1. The zero-order valence-electron chi connectivity index (χ0n) is 52.2. The van der Waals surface area contributed by atoms with E-state index < -0.39 is 65.3 Å². The summed E-state index contributed by atoms with van der Waals surface area (Å²) < 4.78 is 92.0. The fourth-order valence-corrected chi connectivity index (χ4v) is 10.3. The van der Waals surface area contributed by atoms with Crippen molar-refractivity contribution in [2.45, 2.75) is 92.1 Å². The quantitative estimate of drug-likeness (QED) is 0.0341. The number of alkyl halides is 2. The first-order chi connectivity index (χ1) is 45.2. The molecule has 0 spiro atoms. The van der Waals surface area contributed by atoms with Crippen molar-refractivity contribution in [1.82, 2.24) is 45.3 Å². The third kappa shape index (κ3) is 16.1. The molecule has 1 fully saturated rings. The average Bonchev–Trinajstić information content (AvgIpc) is 1.66. The summed E-state index contributed by atoms with van der Waals surface area (Å²) in [6.07, 6.45) is -1.11. The number of aromatic nitrogens is 6. The van der Waals surface area contributed by atoms with Gasteiger partial charge in [-0.2, -0.15) is 15.3 Å². The molecule has 4 heterocycles. The number of carbonyl (C=O) groups is 6. The molecule has 1 aliphatic heterocycles. The number of anilines is 3. The van der Waals surface area contributed by atoms with Gasteiger partial charge in [0.15, 0.2) is 0 Å². The number of aryl methyl sites for hydroxylation is 4. The Morgan fingerprint density at radius 2 is 1.02 bits per heavy atom. The normalized spacial score (nSPS) is 13.0. The summed E-state index contributed by atoms with van der Waals surface area (Å²) in [5, 5.41) is 20.8. The predicted molar refractivity (Wildman–Crippen MR) is 344 cm³/mol. The minimum atomic E-state index is -2.71. The van der Waals surface area contributed by atoms with Crippen molar-refractivity contribution in [3.8, 4) is 33.8 Å². The molecule has 2 atom stereocenters. The van der Waals surface area contributed by atoms with Crippen LogP contribution in [0.25, 0.3) is 33.8 Å². The topological polar surface area (TPSA) is 357 Å². The van der Waals surface area contributed by atoms with Gasteiger partial charge in [0, 0.05) is 77.3 Å². The van der Waals surface area contributed by atoms with Gasteiger partial charge in [-0.15, -0.1) is 0 Å². The molecule has 22 nitrogen and oxygen atoms in total. The van der Waals surface area contributed by atoms with E-state index in [2.05, 4.69) is 31.2 Å². The van der Waals surface area contributed by atoms with E-state index in [0.29, 0.717) is 53.1 Å². The second kappa shape index (κ2) is 30.4. The van der Waals surface area contributed by atoms with Gasteiger partial charge in [-0.3, -0.25) is 28.8 Å². The molecule has 9 aromatic rings. The third-order valence-electron chi connectivity index (χ3n) is 15.6. The summed E-state index contributed by atoms with van der Waals surface area (Å²) in [4.78, 5) is 72.9. The van der Waals surface area contributed by atoms with E-state index >= 15 is 0 Å². The zero-order chi connectivity index (χ0) is 69.1. The van der Waals surface area contributed by atoms with Crippen molar-refractivity contribution in [1.29, 1.82) is 0 Å². The zero-order valence-corrected chi connectivity index (χ0v) is 52.2. The largest absolute Gasteiger partial charge is 0.383 e. The smallest absolute Gasteiger partial charge is 0.260 e. The maximum absolute atomic E-state index is 14.9. The molecule has 95 heavy (non-hydrogen) atoms. The van der Waals surface area contributed by atoms with E-state index in [4.69, 9.17) is 39.1 Å². The molecule has 15 N–H and O–H groups in total. The summed E-state index contributed by atoms with van der Waals surface area (Å²) in [7, 11) is 0. The highest BCUT2D eigenvalue weighted by atomic mass is 19.3. The average molecular weight is 1310 g/mol. The van der Waals surface area contributed by atoms with E-state index in [1.54, 1.807) is 69.3 Å². The number of primary amides is 3. The summed E-state index contributed by atoms with van der Waals surface area (Å²) in [6.45, 7) is 9.82. The van der Waals surface area contributed by atoms with E-state index in [1.807, 2.05) is 19.1 Å². The predicted octanol–water partition coefficient (Wildman–Crippen LogP) is 9.16. The number of carbonyl (C=O) groups excluding carboxylic acids is 6. The van der Waals surface area contributed by atoms with Crippen LogP contribution in [0.1, 0.15) is 134 Å². The Bertz CT molecular complexity index is 4370. The van der Waals surface area contributed by atoms with Crippen molar-refractivity contribution in [3.05, 3.63) is 211 Å². The molecule has 0 saturated carbocycles. The molecule has 496 valence electrons. The van der Waals surface area contributed by atoms with Gasteiger partial charge in [-0.05, 0) is 112 Å². The van der Waals surface area contributed by atoms with Gasteiger partial charge < -0.3 is 55.1 Å². The van der Waals surface area contributed by atoms with E-state index in [-0.39, 0.29) is 105 Å².